The molecule has 4 nitrogen and oxygen atoms in total. The summed E-state index contributed by atoms with van der Waals surface area (Å²) in [6.45, 7) is 1.61. The average molecular weight is 429 g/mol. The molecule has 1 aromatic carbocycles. The molecule has 0 saturated heterocycles. The molecule has 0 N–H and O–H groups in total. The second-order valence-corrected chi connectivity index (χ2v) is 9.59. The van der Waals surface area contributed by atoms with Crippen LogP contribution in [-0.2, 0) is 15.9 Å². The van der Waals surface area contributed by atoms with Crippen molar-refractivity contribution >= 4 is 21.1 Å². The van der Waals surface area contributed by atoms with Crippen molar-refractivity contribution in [1.82, 2.24) is 9.97 Å². The normalized spacial score (nSPS) is 15.1. The number of rotatable bonds is 4. The van der Waals surface area contributed by atoms with Crippen LogP contribution < -0.4 is 0 Å². The summed E-state index contributed by atoms with van der Waals surface area (Å²) in [5.74, 6) is -0.380. The Bertz CT molecular complexity index is 1080. The Morgan fingerprint density at radius 3 is 2.36 bits per heavy atom. The maximum Gasteiger partial charge on any atom is 0.433 e. The molecule has 2 aromatic heterocycles. The zero-order valence-electron chi connectivity index (χ0n) is 14.8. The first-order valence-electron chi connectivity index (χ1n) is 8.04. The van der Waals surface area contributed by atoms with Crippen LogP contribution in [0.25, 0.3) is 11.3 Å². The van der Waals surface area contributed by atoms with Gasteiger partial charge < -0.3 is 0 Å². The van der Waals surface area contributed by atoms with Gasteiger partial charge in [-0.15, -0.1) is 11.3 Å². The van der Waals surface area contributed by atoms with Crippen molar-refractivity contribution in [1.29, 1.82) is 0 Å². The lowest BCUT2D eigenvalue weighted by atomic mass is 10.2. The lowest BCUT2D eigenvalue weighted by Crippen LogP contribution is -2.13. The van der Waals surface area contributed by atoms with Crippen molar-refractivity contribution in [3.63, 3.8) is 0 Å². The fraction of sp³-hybridized carbons (Fsp3) is 0.222. The van der Waals surface area contributed by atoms with E-state index in [-0.39, 0.29) is 10.2 Å². The largest absolute Gasteiger partial charge is 0.433 e. The number of halogens is 4. The molecule has 3 rings (SSSR count). The molecule has 0 saturated carbocycles. The standard InChI is InChI=1S/C18H15F4N3OS2/c1-11(13-5-8-16(24-9-13)18(20,21)22)28(26,23-2)17-25-15(10-27-17)12-3-6-14(19)7-4-12/h3-11H,1-2H3. The molecule has 0 bridgehead atoms. The van der Waals surface area contributed by atoms with Gasteiger partial charge in [0.15, 0.2) is 4.34 Å². The van der Waals surface area contributed by atoms with Gasteiger partial charge in [-0.05, 0) is 42.8 Å². The van der Waals surface area contributed by atoms with E-state index in [9.17, 15) is 21.8 Å². The topological polar surface area (TPSA) is 55.2 Å². The number of alkyl halides is 3. The van der Waals surface area contributed by atoms with Gasteiger partial charge in [0.25, 0.3) is 0 Å². The lowest BCUT2D eigenvalue weighted by Gasteiger charge is -2.16. The molecule has 3 aromatic rings. The van der Waals surface area contributed by atoms with Crippen molar-refractivity contribution in [2.45, 2.75) is 22.7 Å². The Morgan fingerprint density at radius 2 is 1.82 bits per heavy atom. The Labute approximate surface area is 163 Å². The average Bonchev–Trinajstić information content (AvgIpc) is 3.17. The molecule has 0 aliphatic heterocycles. The van der Waals surface area contributed by atoms with Crippen LogP contribution in [0.15, 0.2) is 56.7 Å². The van der Waals surface area contributed by atoms with Crippen molar-refractivity contribution in [3.05, 3.63) is 65.0 Å². The van der Waals surface area contributed by atoms with E-state index >= 15 is 0 Å². The Hall–Kier alpha value is -2.33. The minimum atomic E-state index is -4.54. The van der Waals surface area contributed by atoms with Crippen LogP contribution in [0.1, 0.15) is 23.4 Å². The molecule has 10 heteroatoms. The van der Waals surface area contributed by atoms with E-state index in [2.05, 4.69) is 14.3 Å². The third-order valence-electron chi connectivity index (χ3n) is 4.17. The predicted molar refractivity (Wildman–Crippen MR) is 99.9 cm³/mol. The van der Waals surface area contributed by atoms with E-state index < -0.39 is 26.8 Å². The molecule has 2 unspecified atom stereocenters. The van der Waals surface area contributed by atoms with E-state index in [1.165, 1.54) is 25.2 Å². The van der Waals surface area contributed by atoms with Gasteiger partial charge in [0.1, 0.15) is 21.2 Å². The zero-order chi connectivity index (χ0) is 20.5. The maximum absolute atomic E-state index is 13.5. The third kappa shape index (κ3) is 3.93. The smallest absolute Gasteiger partial charge is 0.251 e. The summed E-state index contributed by atoms with van der Waals surface area (Å²) in [6.07, 6.45) is -3.48. The zero-order valence-corrected chi connectivity index (χ0v) is 16.4. The van der Waals surface area contributed by atoms with Gasteiger partial charge in [0, 0.05) is 24.2 Å². The molecule has 0 aliphatic rings. The molecule has 0 spiro atoms. The molecular weight excluding hydrogens is 414 g/mol. The fourth-order valence-electron chi connectivity index (χ4n) is 2.53. The van der Waals surface area contributed by atoms with Gasteiger partial charge in [0.05, 0.1) is 10.9 Å². The van der Waals surface area contributed by atoms with Crippen LogP contribution >= 0.6 is 11.3 Å². The van der Waals surface area contributed by atoms with Crippen LogP contribution in [0.5, 0.6) is 0 Å². The SMILES string of the molecule is CN=S(=O)(c1nc(-c2ccc(F)cc2)cs1)C(C)c1ccc(C(F)(F)F)nc1. The molecule has 0 amide bonds. The minimum absolute atomic E-state index is 0.252. The number of nitrogens with zero attached hydrogens (tertiary/aromatic N) is 3. The summed E-state index contributed by atoms with van der Waals surface area (Å²) in [5.41, 5.74) is 0.526. The van der Waals surface area contributed by atoms with Crippen LogP contribution in [0.2, 0.25) is 0 Å². The molecular formula is C18H15F4N3OS2. The van der Waals surface area contributed by atoms with E-state index in [1.807, 2.05) is 0 Å². The lowest BCUT2D eigenvalue weighted by molar-refractivity contribution is -0.141. The molecule has 28 heavy (non-hydrogen) atoms. The highest BCUT2D eigenvalue weighted by atomic mass is 32.2. The highest BCUT2D eigenvalue weighted by Gasteiger charge is 2.33. The van der Waals surface area contributed by atoms with Gasteiger partial charge >= 0.3 is 6.18 Å². The molecule has 0 aliphatic carbocycles. The van der Waals surface area contributed by atoms with Gasteiger partial charge in [0.2, 0.25) is 0 Å². The third-order valence-corrected chi connectivity index (χ3v) is 8.17. The van der Waals surface area contributed by atoms with Crippen molar-refractivity contribution in [3.8, 4) is 11.3 Å². The molecule has 148 valence electrons. The highest BCUT2D eigenvalue weighted by molar-refractivity contribution is 7.95. The number of aromatic nitrogens is 2. The molecule has 2 heterocycles. The summed E-state index contributed by atoms with van der Waals surface area (Å²) in [7, 11) is -1.66. The van der Waals surface area contributed by atoms with E-state index in [4.69, 9.17) is 0 Å². The van der Waals surface area contributed by atoms with Crippen LogP contribution in [0, 0.1) is 5.82 Å². The summed E-state index contributed by atoms with van der Waals surface area (Å²) in [5, 5.41) is 0.963. The van der Waals surface area contributed by atoms with Gasteiger partial charge in [-0.2, -0.15) is 13.2 Å². The molecule has 0 radical (unpaired) electrons. The first kappa shape index (κ1) is 20.4. The van der Waals surface area contributed by atoms with Crippen molar-refractivity contribution in [2.75, 3.05) is 7.05 Å². The number of thiazole rings is 1. The monoisotopic (exact) mass is 429 g/mol. The summed E-state index contributed by atoms with van der Waals surface area (Å²) >= 11 is 1.14. The predicted octanol–water partition coefficient (Wildman–Crippen LogP) is 5.58. The quantitative estimate of drug-likeness (QED) is 0.509. The summed E-state index contributed by atoms with van der Waals surface area (Å²) < 4.78 is 69.0. The maximum atomic E-state index is 13.5. The molecule has 0 fully saturated rings. The Balaban J connectivity index is 1.95. The summed E-state index contributed by atoms with van der Waals surface area (Å²) in [4.78, 5) is 7.81. The molecule has 2 atom stereocenters. The van der Waals surface area contributed by atoms with Gasteiger partial charge in [-0.3, -0.25) is 4.98 Å². The van der Waals surface area contributed by atoms with Gasteiger partial charge in [-0.1, -0.05) is 6.07 Å². The van der Waals surface area contributed by atoms with E-state index in [1.54, 1.807) is 24.4 Å². The Kier molecular flexibility index (Phi) is 5.53. The van der Waals surface area contributed by atoms with E-state index in [0.717, 1.165) is 23.6 Å². The number of hydrogen-bond acceptors (Lipinski definition) is 5. The second kappa shape index (κ2) is 7.59. The minimum Gasteiger partial charge on any atom is -0.251 e. The number of pyridine rings is 1. The van der Waals surface area contributed by atoms with Crippen molar-refractivity contribution < 1.29 is 21.8 Å². The first-order chi connectivity index (χ1) is 13.1. The first-order valence-corrected chi connectivity index (χ1v) is 10.5. The highest BCUT2D eigenvalue weighted by Crippen LogP contribution is 2.35. The second-order valence-electron chi connectivity index (χ2n) is 5.87. The van der Waals surface area contributed by atoms with Crippen molar-refractivity contribution in [2.24, 2.45) is 4.36 Å². The Morgan fingerprint density at radius 1 is 1.14 bits per heavy atom. The summed E-state index contributed by atoms with van der Waals surface area (Å²) in [6, 6.07) is 7.82. The number of benzene rings is 1. The van der Waals surface area contributed by atoms with Crippen LogP contribution in [0.3, 0.4) is 0 Å². The van der Waals surface area contributed by atoms with Crippen LogP contribution in [0.4, 0.5) is 17.6 Å². The van der Waals surface area contributed by atoms with Gasteiger partial charge in [-0.25, -0.2) is 17.9 Å². The van der Waals surface area contributed by atoms with Crippen LogP contribution in [-0.4, -0.2) is 21.2 Å². The van der Waals surface area contributed by atoms with E-state index in [0.29, 0.717) is 16.8 Å². The fourth-order valence-corrected chi connectivity index (χ4v) is 5.95. The number of hydrogen-bond donors (Lipinski definition) is 0.